The Labute approximate surface area is 162 Å². The van der Waals surface area contributed by atoms with Gasteiger partial charge in [0.1, 0.15) is 5.82 Å². The summed E-state index contributed by atoms with van der Waals surface area (Å²) in [6, 6.07) is 12.8. The molecule has 0 aromatic heterocycles. The number of anilines is 1. The van der Waals surface area contributed by atoms with Gasteiger partial charge in [0.05, 0.1) is 18.7 Å². The Kier molecular flexibility index (Phi) is 3.98. The Bertz CT molecular complexity index is 958. The van der Waals surface area contributed by atoms with E-state index >= 15 is 0 Å². The fourth-order valence-electron chi connectivity index (χ4n) is 4.70. The molecule has 0 unspecified atom stereocenters. The first kappa shape index (κ1) is 17.4. The number of carbonyl (C=O) groups is 2. The van der Waals surface area contributed by atoms with Gasteiger partial charge in [-0.25, -0.2) is 4.39 Å². The van der Waals surface area contributed by atoms with Crippen LogP contribution in [0.4, 0.5) is 10.1 Å². The summed E-state index contributed by atoms with van der Waals surface area (Å²) in [5.74, 6) is -0.620. The number of fused-ring (bicyclic) bond motifs is 3. The van der Waals surface area contributed by atoms with Gasteiger partial charge in [-0.1, -0.05) is 24.3 Å². The lowest BCUT2D eigenvalue weighted by Gasteiger charge is -2.59. The normalized spacial score (nSPS) is 25.6. The zero-order valence-electron chi connectivity index (χ0n) is 15.3. The summed E-state index contributed by atoms with van der Waals surface area (Å²) >= 11 is 0. The van der Waals surface area contributed by atoms with E-state index in [0.717, 1.165) is 24.1 Å². The molecule has 6 heteroatoms. The van der Waals surface area contributed by atoms with Crippen LogP contribution in [0.3, 0.4) is 0 Å². The smallest absolute Gasteiger partial charge is 0.254 e. The van der Waals surface area contributed by atoms with E-state index in [-0.39, 0.29) is 47.9 Å². The third-order valence-corrected chi connectivity index (χ3v) is 6.19. The van der Waals surface area contributed by atoms with Crippen LogP contribution >= 0.6 is 0 Å². The number of halogens is 1. The Balaban J connectivity index is 1.52. The molecule has 0 spiro atoms. The average Bonchev–Trinajstić information content (AvgIpc) is 3.53. The topological polar surface area (TPSA) is 60.9 Å². The van der Waals surface area contributed by atoms with Gasteiger partial charge < -0.3 is 14.9 Å². The molecule has 144 valence electrons. The number of amides is 2. The molecule has 0 radical (unpaired) electrons. The summed E-state index contributed by atoms with van der Waals surface area (Å²) in [7, 11) is 0. The molecule has 2 aliphatic heterocycles. The molecular weight excluding hydrogens is 359 g/mol. The van der Waals surface area contributed by atoms with Crippen LogP contribution in [0.2, 0.25) is 0 Å². The van der Waals surface area contributed by atoms with E-state index in [1.54, 1.807) is 15.9 Å². The van der Waals surface area contributed by atoms with Crippen molar-refractivity contribution in [3.05, 3.63) is 65.5 Å². The van der Waals surface area contributed by atoms with Crippen LogP contribution in [0.1, 0.15) is 34.7 Å². The summed E-state index contributed by atoms with van der Waals surface area (Å²) < 4.78 is 13.6. The van der Waals surface area contributed by atoms with Crippen molar-refractivity contribution >= 4 is 17.5 Å². The molecule has 0 bridgehead atoms. The molecule has 5 rings (SSSR count). The molecular formula is C22H21FN2O3. The SMILES string of the molecule is O=C(C1CC1)N1C[C@@H]2[C@H](c3ccccc31)[C@@H](CO)N2C(=O)c1cccc(F)c1. The van der Waals surface area contributed by atoms with Crippen molar-refractivity contribution in [3.8, 4) is 0 Å². The van der Waals surface area contributed by atoms with Gasteiger partial charge in [-0.15, -0.1) is 0 Å². The second-order valence-electron chi connectivity index (χ2n) is 7.85. The lowest BCUT2D eigenvalue weighted by molar-refractivity contribution is -0.120. The lowest BCUT2D eigenvalue weighted by Crippen LogP contribution is -2.70. The highest BCUT2D eigenvalue weighted by Crippen LogP contribution is 2.49. The molecule has 1 N–H and O–H groups in total. The molecule has 3 atom stereocenters. The number of para-hydroxylation sites is 1. The minimum atomic E-state index is -0.469. The van der Waals surface area contributed by atoms with Gasteiger partial charge in [0.15, 0.2) is 0 Å². The predicted octanol–water partition coefficient (Wildman–Crippen LogP) is 2.55. The molecule has 2 heterocycles. The second kappa shape index (κ2) is 6.41. The summed E-state index contributed by atoms with van der Waals surface area (Å²) in [6.45, 7) is 0.238. The number of nitrogens with zero attached hydrogens (tertiary/aromatic N) is 2. The Morgan fingerprint density at radius 3 is 2.61 bits per heavy atom. The molecule has 2 aromatic rings. The highest BCUT2D eigenvalue weighted by molar-refractivity contribution is 5.99. The monoisotopic (exact) mass is 380 g/mol. The van der Waals surface area contributed by atoms with Crippen molar-refractivity contribution in [2.75, 3.05) is 18.1 Å². The van der Waals surface area contributed by atoms with Gasteiger partial charge in [0.2, 0.25) is 5.91 Å². The third kappa shape index (κ3) is 2.55. The predicted molar refractivity (Wildman–Crippen MR) is 101 cm³/mol. The van der Waals surface area contributed by atoms with E-state index in [9.17, 15) is 19.1 Å². The highest BCUT2D eigenvalue weighted by atomic mass is 19.1. The first-order valence-electron chi connectivity index (χ1n) is 9.69. The minimum absolute atomic E-state index is 0.0260. The van der Waals surface area contributed by atoms with Crippen LogP contribution in [-0.4, -0.2) is 47.1 Å². The summed E-state index contributed by atoms with van der Waals surface area (Å²) in [4.78, 5) is 29.4. The number of hydrogen-bond acceptors (Lipinski definition) is 3. The molecule has 28 heavy (non-hydrogen) atoms. The van der Waals surface area contributed by atoms with Crippen molar-refractivity contribution in [1.29, 1.82) is 0 Å². The van der Waals surface area contributed by atoms with Gasteiger partial charge in [-0.05, 0) is 42.7 Å². The van der Waals surface area contributed by atoms with Crippen molar-refractivity contribution in [2.24, 2.45) is 5.92 Å². The van der Waals surface area contributed by atoms with Crippen LogP contribution in [0, 0.1) is 11.7 Å². The fourth-order valence-corrected chi connectivity index (χ4v) is 4.70. The van der Waals surface area contributed by atoms with Crippen LogP contribution in [0.15, 0.2) is 48.5 Å². The number of benzene rings is 2. The Hall–Kier alpha value is -2.73. The highest BCUT2D eigenvalue weighted by Gasteiger charge is 2.56. The van der Waals surface area contributed by atoms with Gasteiger partial charge in [-0.2, -0.15) is 0 Å². The number of hydrogen-bond donors (Lipinski definition) is 1. The number of rotatable bonds is 3. The number of carbonyl (C=O) groups excluding carboxylic acids is 2. The fraction of sp³-hybridized carbons (Fsp3) is 0.364. The number of aliphatic hydroxyl groups is 1. The van der Waals surface area contributed by atoms with Gasteiger partial charge in [0, 0.05) is 29.6 Å². The van der Waals surface area contributed by atoms with E-state index in [2.05, 4.69) is 0 Å². The molecule has 5 nitrogen and oxygen atoms in total. The van der Waals surface area contributed by atoms with Crippen molar-refractivity contribution in [3.63, 3.8) is 0 Å². The Morgan fingerprint density at radius 2 is 1.89 bits per heavy atom. The largest absolute Gasteiger partial charge is 0.394 e. The third-order valence-electron chi connectivity index (χ3n) is 6.19. The molecule has 3 aliphatic rings. The van der Waals surface area contributed by atoms with E-state index in [1.807, 2.05) is 24.3 Å². The van der Waals surface area contributed by atoms with Crippen molar-refractivity contribution < 1.29 is 19.1 Å². The molecule has 1 aliphatic carbocycles. The lowest BCUT2D eigenvalue weighted by atomic mass is 9.71. The number of aliphatic hydroxyl groups excluding tert-OH is 1. The van der Waals surface area contributed by atoms with E-state index < -0.39 is 5.82 Å². The van der Waals surface area contributed by atoms with Crippen molar-refractivity contribution in [2.45, 2.75) is 30.8 Å². The molecule has 1 saturated carbocycles. The van der Waals surface area contributed by atoms with Gasteiger partial charge >= 0.3 is 0 Å². The zero-order valence-corrected chi connectivity index (χ0v) is 15.3. The molecule has 2 aromatic carbocycles. The quantitative estimate of drug-likeness (QED) is 0.890. The van der Waals surface area contributed by atoms with Crippen LogP contribution in [-0.2, 0) is 4.79 Å². The minimum Gasteiger partial charge on any atom is -0.394 e. The first-order chi connectivity index (χ1) is 13.6. The maximum absolute atomic E-state index is 13.6. The average molecular weight is 380 g/mol. The van der Waals surface area contributed by atoms with Gasteiger partial charge in [-0.3, -0.25) is 9.59 Å². The maximum atomic E-state index is 13.6. The maximum Gasteiger partial charge on any atom is 0.254 e. The first-order valence-corrected chi connectivity index (χ1v) is 9.69. The molecule has 2 fully saturated rings. The van der Waals surface area contributed by atoms with Crippen LogP contribution < -0.4 is 4.90 Å². The Morgan fingerprint density at radius 1 is 1.11 bits per heavy atom. The molecule has 2 amide bonds. The van der Waals surface area contributed by atoms with E-state index in [4.69, 9.17) is 0 Å². The molecule has 1 saturated heterocycles. The van der Waals surface area contributed by atoms with Crippen molar-refractivity contribution in [1.82, 2.24) is 4.90 Å². The summed E-state index contributed by atoms with van der Waals surface area (Å²) in [5.41, 5.74) is 2.14. The summed E-state index contributed by atoms with van der Waals surface area (Å²) in [5, 5.41) is 10.00. The van der Waals surface area contributed by atoms with Gasteiger partial charge in [0.25, 0.3) is 5.91 Å². The zero-order chi connectivity index (χ0) is 19.4. The number of likely N-dealkylation sites (tertiary alicyclic amines) is 1. The van der Waals surface area contributed by atoms with E-state index in [1.165, 1.54) is 18.2 Å². The van der Waals surface area contributed by atoms with E-state index in [0.29, 0.717) is 6.54 Å². The van der Waals surface area contributed by atoms with Crippen LogP contribution in [0.5, 0.6) is 0 Å². The standard InChI is InChI=1S/C22H21FN2O3/c23-15-5-3-4-14(10-15)22(28)25-18-11-24(21(27)13-8-9-13)17-7-2-1-6-16(17)20(18)19(25)12-26/h1-7,10,13,18-20,26H,8-9,11-12H2/t18-,19-,20+/m1/s1. The van der Waals surface area contributed by atoms with Crippen LogP contribution in [0.25, 0.3) is 0 Å². The second-order valence-corrected chi connectivity index (χ2v) is 7.85. The summed E-state index contributed by atoms with van der Waals surface area (Å²) in [6.07, 6.45) is 1.83.